The van der Waals surface area contributed by atoms with Gasteiger partial charge in [-0.25, -0.2) is 9.37 Å². The number of fused-ring (bicyclic) bond motifs is 4. The van der Waals surface area contributed by atoms with Crippen LogP contribution in [0.1, 0.15) is 5.56 Å². The van der Waals surface area contributed by atoms with Crippen molar-refractivity contribution in [3.05, 3.63) is 66.0 Å². The highest BCUT2D eigenvalue weighted by Crippen LogP contribution is 2.31. The van der Waals surface area contributed by atoms with Crippen LogP contribution < -0.4 is 0 Å². The molecule has 20 heavy (non-hydrogen) atoms. The second kappa shape index (κ2) is 4.01. The Kier molecular flexibility index (Phi) is 2.27. The summed E-state index contributed by atoms with van der Waals surface area (Å²) in [5.74, 6) is -0.263. The molecule has 1 nitrogen and oxygen atoms in total. The summed E-state index contributed by atoms with van der Waals surface area (Å²) in [5, 5.41) is 4.16. The first-order valence-corrected chi connectivity index (χ1v) is 6.62. The molecule has 0 saturated carbocycles. The Morgan fingerprint density at radius 3 is 2.40 bits per heavy atom. The van der Waals surface area contributed by atoms with E-state index in [-0.39, 0.29) is 5.82 Å². The van der Waals surface area contributed by atoms with Gasteiger partial charge in [0.05, 0.1) is 5.52 Å². The normalized spacial score (nSPS) is 11.5. The lowest BCUT2D eigenvalue weighted by Crippen LogP contribution is -1.91. The molecule has 3 aromatic carbocycles. The van der Waals surface area contributed by atoms with Gasteiger partial charge in [-0.2, -0.15) is 0 Å². The SMILES string of the molecule is Cc1c2cccc(F)c2nc2c1ccc1ccccc12. The fourth-order valence-corrected chi connectivity index (χ4v) is 2.87. The predicted molar refractivity (Wildman–Crippen MR) is 81.5 cm³/mol. The number of hydrogen-bond acceptors (Lipinski definition) is 1. The molecule has 0 amide bonds. The minimum Gasteiger partial charge on any atom is -0.244 e. The van der Waals surface area contributed by atoms with Crippen LogP contribution in [-0.2, 0) is 0 Å². The number of halogens is 1. The number of aromatic nitrogens is 1. The van der Waals surface area contributed by atoms with Crippen molar-refractivity contribution in [1.82, 2.24) is 4.98 Å². The highest BCUT2D eigenvalue weighted by Gasteiger charge is 2.10. The molecule has 0 aliphatic heterocycles. The Morgan fingerprint density at radius 2 is 1.50 bits per heavy atom. The van der Waals surface area contributed by atoms with Crippen LogP contribution in [0.4, 0.5) is 4.39 Å². The number of nitrogens with zero attached hydrogens (tertiary/aromatic N) is 1. The van der Waals surface area contributed by atoms with Crippen molar-refractivity contribution in [2.45, 2.75) is 6.92 Å². The lowest BCUT2D eigenvalue weighted by Gasteiger charge is -2.09. The van der Waals surface area contributed by atoms with Gasteiger partial charge >= 0.3 is 0 Å². The van der Waals surface area contributed by atoms with Crippen LogP contribution in [0.3, 0.4) is 0 Å². The summed E-state index contributed by atoms with van der Waals surface area (Å²) in [5.41, 5.74) is 2.40. The van der Waals surface area contributed by atoms with E-state index in [1.54, 1.807) is 6.07 Å². The second-order valence-corrected chi connectivity index (χ2v) is 5.06. The number of rotatable bonds is 0. The zero-order chi connectivity index (χ0) is 13.7. The van der Waals surface area contributed by atoms with Gasteiger partial charge in [0.25, 0.3) is 0 Å². The quantitative estimate of drug-likeness (QED) is 0.321. The maximum atomic E-state index is 14.0. The Labute approximate surface area is 115 Å². The van der Waals surface area contributed by atoms with Gasteiger partial charge in [-0.3, -0.25) is 0 Å². The largest absolute Gasteiger partial charge is 0.244 e. The molecule has 2 heteroatoms. The van der Waals surface area contributed by atoms with Crippen LogP contribution in [0.15, 0.2) is 54.6 Å². The summed E-state index contributed by atoms with van der Waals surface area (Å²) < 4.78 is 14.0. The first-order chi connectivity index (χ1) is 9.75. The molecule has 0 aliphatic rings. The zero-order valence-electron chi connectivity index (χ0n) is 11.0. The average molecular weight is 261 g/mol. The summed E-state index contributed by atoms with van der Waals surface area (Å²) in [4.78, 5) is 4.59. The molecule has 0 spiro atoms. The Morgan fingerprint density at radius 1 is 0.750 bits per heavy atom. The van der Waals surface area contributed by atoms with Gasteiger partial charge in [0.2, 0.25) is 0 Å². The maximum absolute atomic E-state index is 14.0. The highest BCUT2D eigenvalue weighted by atomic mass is 19.1. The zero-order valence-corrected chi connectivity index (χ0v) is 11.0. The van der Waals surface area contributed by atoms with Crippen molar-refractivity contribution in [2.24, 2.45) is 0 Å². The number of pyridine rings is 1. The van der Waals surface area contributed by atoms with Gasteiger partial charge in [-0.1, -0.05) is 48.5 Å². The molecule has 0 fully saturated rings. The fraction of sp³-hybridized carbons (Fsp3) is 0.0556. The van der Waals surface area contributed by atoms with Crippen LogP contribution in [0.5, 0.6) is 0 Å². The smallest absolute Gasteiger partial charge is 0.149 e. The molecule has 0 bridgehead atoms. The third-order valence-electron chi connectivity index (χ3n) is 3.92. The van der Waals surface area contributed by atoms with Crippen molar-refractivity contribution in [1.29, 1.82) is 0 Å². The standard InChI is InChI=1S/C18H12FN/c1-11-13-7-4-8-16(19)18(13)20-17-14(11)10-9-12-5-2-3-6-15(12)17/h2-10H,1H3. The van der Waals surface area contributed by atoms with Gasteiger partial charge in [0, 0.05) is 16.2 Å². The lowest BCUT2D eigenvalue weighted by atomic mass is 10.00. The molecule has 0 aliphatic carbocycles. The first-order valence-electron chi connectivity index (χ1n) is 6.62. The third-order valence-corrected chi connectivity index (χ3v) is 3.92. The van der Waals surface area contributed by atoms with E-state index in [9.17, 15) is 4.39 Å². The number of benzene rings is 3. The average Bonchev–Trinajstić information content (AvgIpc) is 2.48. The lowest BCUT2D eigenvalue weighted by molar-refractivity contribution is 0.637. The van der Waals surface area contributed by atoms with E-state index in [4.69, 9.17) is 0 Å². The van der Waals surface area contributed by atoms with E-state index in [1.807, 2.05) is 31.2 Å². The minimum atomic E-state index is -0.263. The molecule has 96 valence electrons. The van der Waals surface area contributed by atoms with Crippen LogP contribution in [0.2, 0.25) is 0 Å². The number of para-hydroxylation sites is 1. The van der Waals surface area contributed by atoms with Crippen LogP contribution in [0.25, 0.3) is 32.6 Å². The molecule has 0 saturated heterocycles. The van der Waals surface area contributed by atoms with E-state index >= 15 is 0 Å². The molecular formula is C18H12FN. The molecule has 1 aromatic heterocycles. The van der Waals surface area contributed by atoms with E-state index in [1.165, 1.54) is 6.07 Å². The van der Waals surface area contributed by atoms with Gasteiger partial charge in [-0.05, 0) is 23.9 Å². The van der Waals surface area contributed by atoms with E-state index in [0.29, 0.717) is 5.52 Å². The Balaban J connectivity index is 2.33. The summed E-state index contributed by atoms with van der Waals surface area (Å²) in [6, 6.07) is 17.4. The molecule has 1 heterocycles. The van der Waals surface area contributed by atoms with Crippen molar-refractivity contribution in [2.75, 3.05) is 0 Å². The van der Waals surface area contributed by atoms with Crippen molar-refractivity contribution < 1.29 is 4.39 Å². The minimum absolute atomic E-state index is 0.263. The van der Waals surface area contributed by atoms with Gasteiger partial charge < -0.3 is 0 Å². The highest BCUT2D eigenvalue weighted by molar-refractivity contribution is 6.10. The van der Waals surface area contributed by atoms with Crippen molar-refractivity contribution in [3.63, 3.8) is 0 Å². The summed E-state index contributed by atoms with van der Waals surface area (Å²) in [7, 11) is 0. The summed E-state index contributed by atoms with van der Waals surface area (Å²) in [6.07, 6.45) is 0. The van der Waals surface area contributed by atoms with Gasteiger partial charge in [0.1, 0.15) is 11.3 Å². The third kappa shape index (κ3) is 1.45. The van der Waals surface area contributed by atoms with Crippen LogP contribution in [-0.4, -0.2) is 4.98 Å². The van der Waals surface area contributed by atoms with Crippen molar-refractivity contribution in [3.8, 4) is 0 Å². The first kappa shape index (κ1) is 11.4. The van der Waals surface area contributed by atoms with Crippen molar-refractivity contribution >= 4 is 32.6 Å². The number of hydrogen-bond donors (Lipinski definition) is 0. The van der Waals surface area contributed by atoms with Crippen LogP contribution in [0, 0.1) is 12.7 Å². The molecular weight excluding hydrogens is 249 g/mol. The number of aryl methyl sites for hydroxylation is 1. The predicted octanol–water partition coefficient (Wildman–Crippen LogP) is 4.99. The maximum Gasteiger partial charge on any atom is 0.149 e. The Bertz CT molecular complexity index is 973. The molecule has 0 unspecified atom stereocenters. The monoisotopic (exact) mass is 261 g/mol. The molecule has 4 aromatic rings. The van der Waals surface area contributed by atoms with E-state index in [2.05, 4.69) is 23.2 Å². The molecule has 0 atom stereocenters. The van der Waals surface area contributed by atoms with Gasteiger partial charge in [0.15, 0.2) is 0 Å². The summed E-state index contributed by atoms with van der Waals surface area (Å²) in [6.45, 7) is 2.03. The molecule has 0 N–H and O–H groups in total. The Hall–Kier alpha value is -2.48. The second-order valence-electron chi connectivity index (χ2n) is 5.06. The topological polar surface area (TPSA) is 12.9 Å². The molecule has 0 radical (unpaired) electrons. The van der Waals surface area contributed by atoms with E-state index < -0.39 is 0 Å². The van der Waals surface area contributed by atoms with Crippen LogP contribution >= 0.6 is 0 Å². The van der Waals surface area contributed by atoms with Gasteiger partial charge in [-0.15, -0.1) is 0 Å². The fourth-order valence-electron chi connectivity index (χ4n) is 2.87. The van der Waals surface area contributed by atoms with E-state index in [0.717, 1.165) is 32.6 Å². The summed E-state index contributed by atoms with van der Waals surface area (Å²) >= 11 is 0. The molecule has 4 rings (SSSR count).